The third-order valence-electron chi connectivity index (χ3n) is 6.39. The topological polar surface area (TPSA) is 87.0 Å². The summed E-state index contributed by atoms with van der Waals surface area (Å²) in [7, 11) is 0. The first-order valence-corrected chi connectivity index (χ1v) is 8.90. The Morgan fingerprint density at radius 3 is 2.80 bits per heavy atom. The van der Waals surface area contributed by atoms with E-state index in [2.05, 4.69) is 6.92 Å². The molecule has 1 aromatic carbocycles. The van der Waals surface area contributed by atoms with E-state index in [0.717, 1.165) is 35.1 Å². The maximum absolute atomic E-state index is 11.5. The molecule has 134 valence electrons. The van der Waals surface area contributed by atoms with Gasteiger partial charge in [-0.1, -0.05) is 13.0 Å². The third-order valence-corrected chi connectivity index (χ3v) is 6.39. The number of ether oxygens (including phenoxy) is 1. The van der Waals surface area contributed by atoms with Crippen LogP contribution in [0.4, 0.5) is 0 Å². The molecule has 0 saturated heterocycles. The summed E-state index contributed by atoms with van der Waals surface area (Å²) >= 11 is 0. The third kappa shape index (κ3) is 2.41. The summed E-state index contributed by atoms with van der Waals surface area (Å²) in [6, 6.07) is 5.32. The normalized spacial score (nSPS) is 36.5. The predicted octanol–water partition coefficient (Wildman–Crippen LogP) is 2.18. The molecule has 5 atom stereocenters. The van der Waals surface area contributed by atoms with Gasteiger partial charge in [0.1, 0.15) is 11.9 Å². The van der Waals surface area contributed by atoms with Gasteiger partial charge in [0.05, 0.1) is 12.2 Å². The Balaban J connectivity index is 1.80. The van der Waals surface area contributed by atoms with E-state index in [9.17, 15) is 20.1 Å². The number of aliphatic hydroxyl groups is 2. The van der Waals surface area contributed by atoms with E-state index in [1.807, 2.05) is 6.07 Å². The highest BCUT2D eigenvalue weighted by Gasteiger charge is 2.57. The quantitative estimate of drug-likeness (QED) is 0.680. The minimum atomic E-state index is -0.709. The summed E-state index contributed by atoms with van der Waals surface area (Å²) in [4.78, 5) is 11.5. The van der Waals surface area contributed by atoms with Crippen LogP contribution >= 0.6 is 0 Å². The number of phenols is 1. The highest BCUT2D eigenvalue weighted by molar-refractivity contribution is 5.76. The number of hydrogen-bond donors (Lipinski definition) is 3. The van der Waals surface area contributed by atoms with Crippen molar-refractivity contribution in [2.24, 2.45) is 11.3 Å². The number of allylic oxidation sites excluding steroid dienone is 1. The number of aromatic hydroxyl groups is 1. The molecule has 0 heterocycles. The molecular weight excluding hydrogens is 320 g/mol. The van der Waals surface area contributed by atoms with Crippen LogP contribution in [0.1, 0.15) is 44.2 Å². The van der Waals surface area contributed by atoms with E-state index in [4.69, 9.17) is 4.74 Å². The minimum Gasteiger partial charge on any atom is -0.508 e. The van der Waals surface area contributed by atoms with Crippen molar-refractivity contribution in [3.8, 4) is 5.75 Å². The maximum Gasteiger partial charge on any atom is 0.303 e. The first kappa shape index (κ1) is 16.6. The summed E-state index contributed by atoms with van der Waals surface area (Å²) in [5, 5.41) is 31.1. The first-order chi connectivity index (χ1) is 11.8. The Bertz CT molecular complexity index is 767. The van der Waals surface area contributed by atoms with Gasteiger partial charge >= 0.3 is 5.97 Å². The average molecular weight is 344 g/mol. The maximum atomic E-state index is 11.5. The zero-order chi connectivity index (χ0) is 17.9. The average Bonchev–Trinajstić information content (AvgIpc) is 2.78. The van der Waals surface area contributed by atoms with E-state index in [0.29, 0.717) is 12.8 Å². The molecule has 0 amide bonds. The number of fused-ring (bicyclic) bond motifs is 4. The number of esters is 1. The number of hydrogen-bond acceptors (Lipinski definition) is 5. The predicted molar refractivity (Wildman–Crippen MR) is 91.7 cm³/mol. The summed E-state index contributed by atoms with van der Waals surface area (Å²) in [5.74, 6) is -0.176. The Hall–Kier alpha value is -1.85. The van der Waals surface area contributed by atoms with Gasteiger partial charge in [-0.25, -0.2) is 0 Å². The lowest BCUT2D eigenvalue weighted by atomic mass is 9.61. The number of phenolic OH excluding ortho intramolecular Hbond substituents is 1. The molecule has 1 aromatic rings. The summed E-state index contributed by atoms with van der Waals surface area (Å²) in [6.07, 6.45) is 0.648. The van der Waals surface area contributed by atoms with Crippen LogP contribution in [0.3, 0.4) is 0 Å². The van der Waals surface area contributed by atoms with Gasteiger partial charge < -0.3 is 20.1 Å². The zero-order valence-electron chi connectivity index (χ0n) is 14.5. The summed E-state index contributed by atoms with van der Waals surface area (Å²) in [6.45, 7) is 3.43. The molecule has 3 aliphatic rings. The molecular formula is C20H24O5. The van der Waals surface area contributed by atoms with Crippen LogP contribution < -0.4 is 0 Å². The van der Waals surface area contributed by atoms with Crippen LogP contribution in [0.25, 0.3) is 5.57 Å². The molecule has 0 aromatic heterocycles. The Labute approximate surface area is 146 Å². The fourth-order valence-corrected chi connectivity index (χ4v) is 5.30. The number of aliphatic hydroxyl groups excluding tert-OH is 2. The van der Waals surface area contributed by atoms with Crippen LogP contribution in [0.15, 0.2) is 23.8 Å². The molecule has 1 unspecified atom stereocenters. The molecule has 5 heteroatoms. The van der Waals surface area contributed by atoms with E-state index in [1.165, 1.54) is 6.92 Å². The Kier molecular flexibility index (Phi) is 3.71. The molecule has 3 N–H and O–H groups in total. The van der Waals surface area contributed by atoms with Crippen LogP contribution in [0.2, 0.25) is 0 Å². The molecule has 4 rings (SSSR count). The monoisotopic (exact) mass is 344 g/mol. The lowest BCUT2D eigenvalue weighted by Crippen LogP contribution is -2.44. The van der Waals surface area contributed by atoms with Gasteiger partial charge in [0.25, 0.3) is 0 Å². The van der Waals surface area contributed by atoms with Gasteiger partial charge in [0, 0.05) is 18.8 Å². The van der Waals surface area contributed by atoms with Gasteiger partial charge in [0.2, 0.25) is 0 Å². The van der Waals surface area contributed by atoms with Gasteiger partial charge in [0.15, 0.2) is 0 Å². The minimum absolute atomic E-state index is 0.00690. The standard InChI is InChI=1S/C20H24O5/c1-10(21)25-19-17(24)9-15-18-14(5-6-20(15,19)2)13-4-3-12(22)7-11(13)8-16(18)23/h3-4,7,15-17,19,22-24H,5-6,8-9H2,1-2H3/t15?,16-,17+,19-,20-/m0/s1. The molecule has 0 bridgehead atoms. The van der Waals surface area contributed by atoms with Gasteiger partial charge in [-0.2, -0.15) is 0 Å². The smallest absolute Gasteiger partial charge is 0.303 e. The zero-order valence-corrected chi connectivity index (χ0v) is 14.5. The van der Waals surface area contributed by atoms with E-state index in [1.54, 1.807) is 12.1 Å². The molecule has 1 fully saturated rings. The highest BCUT2D eigenvalue weighted by Crippen LogP contribution is 2.59. The van der Waals surface area contributed by atoms with E-state index >= 15 is 0 Å². The van der Waals surface area contributed by atoms with Crippen molar-refractivity contribution < 1.29 is 24.9 Å². The van der Waals surface area contributed by atoms with Gasteiger partial charge in [-0.3, -0.25) is 4.79 Å². The van der Waals surface area contributed by atoms with E-state index in [-0.39, 0.29) is 23.1 Å². The number of carbonyl (C=O) groups is 1. The second-order valence-corrected chi connectivity index (χ2v) is 7.89. The van der Waals surface area contributed by atoms with Crippen molar-refractivity contribution in [1.82, 2.24) is 0 Å². The van der Waals surface area contributed by atoms with Crippen molar-refractivity contribution in [2.75, 3.05) is 0 Å². The summed E-state index contributed by atoms with van der Waals surface area (Å²) in [5.41, 5.74) is 3.81. The van der Waals surface area contributed by atoms with Crippen molar-refractivity contribution >= 4 is 11.5 Å². The number of carbonyl (C=O) groups excluding carboxylic acids is 1. The molecule has 5 nitrogen and oxygen atoms in total. The molecule has 1 saturated carbocycles. The van der Waals surface area contributed by atoms with Crippen LogP contribution in [-0.2, 0) is 16.0 Å². The van der Waals surface area contributed by atoms with Crippen molar-refractivity contribution in [3.05, 3.63) is 34.9 Å². The number of rotatable bonds is 1. The fraction of sp³-hybridized carbons (Fsp3) is 0.550. The largest absolute Gasteiger partial charge is 0.508 e. The first-order valence-electron chi connectivity index (χ1n) is 8.90. The van der Waals surface area contributed by atoms with Crippen molar-refractivity contribution in [2.45, 2.75) is 57.8 Å². The fourth-order valence-electron chi connectivity index (χ4n) is 5.30. The second kappa shape index (κ2) is 5.58. The van der Waals surface area contributed by atoms with Crippen molar-refractivity contribution in [3.63, 3.8) is 0 Å². The van der Waals surface area contributed by atoms with Gasteiger partial charge in [-0.15, -0.1) is 0 Å². The SMILES string of the molecule is CC(=O)O[C@H]1[C@H](O)CC2C3=C(CC[C@@]21C)c1ccc(O)cc1C[C@@H]3O. The Morgan fingerprint density at radius 2 is 2.08 bits per heavy atom. The van der Waals surface area contributed by atoms with Crippen LogP contribution in [0, 0.1) is 11.3 Å². The summed E-state index contributed by atoms with van der Waals surface area (Å²) < 4.78 is 5.47. The van der Waals surface area contributed by atoms with Crippen molar-refractivity contribution in [1.29, 1.82) is 0 Å². The van der Waals surface area contributed by atoms with Gasteiger partial charge in [-0.05, 0) is 59.6 Å². The van der Waals surface area contributed by atoms with E-state index < -0.39 is 18.3 Å². The van der Waals surface area contributed by atoms with Crippen LogP contribution in [0.5, 0.6) is 5.75 Å². The second-order valence-electron chi connectivity index (χ2n) is 7.89. The molecule has 3 aliphatic carbocycles. The molecule has 0 aliphatic heterocycles. The molecule has 0 spiro atoms. The Morgan fingerprint density at radius 1 is 1.32 bits per heavy atom. The number of benzene rings is 1. The van der Waals surface area contributed by atoms with Crippen LogP contribution in [-0.4, -0.2) is 39.6 Å². The highest BCUT2D eigenvalue weighted by atomic mass is 16.6. The lowest BCUT2D eigenvalue weighted by molar-refractivity contribution is -0.158. The molecule has 25 heavy (non-hydrogen) atoms. The molecule has 0 radical (unpaired) electrons. The lowest BCUT2D eigenvalue weighted by Gasteiger charge is -2.45.